The standard InChI is InChI=1S/C61H96N2O37/c1-58-48-24-25-47(59(58,2)61(25,48)57(85)86-3)60(24,58)56(84)63-9-7-5-4-6-8-62-10-17-40-26(70)33(77)49(87-17)95-41-18(11-64)89-51(35(79)28(41)72)97-43-20(13-66)91-53(37(81)30(43)74)99-45-22(15-68)93-55(39(83)32(45)76)100-46-23(16-69)92-54(38(82)31(46)75)98-44-21(14-67)90-52(36(80)29(44)73)96-42-19(12-65)88-50(94-40)34(78)27(42)71/h17-55,62,64-83H,4-16H2,1-3H3,(H,63,84)/t17-,18-,19-,20-,21-,22-,23-,24+,25+,26-,27-,28+,29-,30-,31-,32-,33-,34-,35-,36-,37-,38-,39-,40-,41-,42-,43-,44-,45-,46-,47+,48+,49-,50-,51-,52-,53-,54-,55-,58?,59+,60+,61+/m1/s1. The maximum absolute atomic E-state index is 13.8. The zero-order valence-corrected chi connectivity index (χ0v) is 54.6. The van der Waals surface area contributed by atoms with E-state index in [1.807, 2.05) is 0 Å². The monoisotopic (exact) mass is 1450 g/mol. The predicted octanol–water partition coefficient (Wildman–Crippen LogP) is -13.3. The highest BCUT2D eigenvalue weighted by atomic mass is 16.8. The number of carbonyl (C=O) groups excluding carboxylic acids is 2. The molecule has 6 saturated carbocycles. The molecule has 22 N–H and O–H groups in total. The van der Waals surface area contributed by atoms with Crippen LogP contribution in [-0.2, 0) is 80.6 Å². The van der Waals surface area contributed by atoms with Gasteiger partial charge < -0.3 is 184 Å². The number of nitrogens with one attached hydrogen (secondary N) is 2. The molecule has 39 nitrogen and oxygen atoms in total. The molecular formula is C61H96N2O37. The molecule has 27 rings (SSSR count). The molecule has 14 bridgehead atoms. The molecule has 21 aliphatic heterocycles. The minimum absolute atomic E-state index is 0.0281. The van der Waals surface area contributed by atoms with Crippen molar-refractivity contribution in [3.05, 3.63) is 0 Å². The number of hydrogen-bond donors (Lipinski definition) is 22. The summed E-state index contributed by atoms with van der Waals surface area (Å²) in [6.07, 6.45) is -67.4. The van der Waals surface area contributed by atoms with Gasteiger partial charge in [0.15, 0.2) is 44.0 Å². The fourth-order valence-corrected chi connectivity index (χ4v) is 19.8. The minimum Gasteiger partial charge on any atom is -0.469 e. The molecule has 1 amide bonds. The topological polar surface area (TPSA) is 601 Å². The average Bonchev–Trinajstić information content (AvgIpc) is 0.526. The van der Waals surface area contributed by atoms with Gasteiger partial charge in [0.1, 0.15) is 171 Å². The molecule has 27 aliphatic rings. The Morgan fingerprint density at radius 3 is 0.830 bits per heavy atom. The third-order valence-electron chi connectivity index (χ3n) is 24.6. The van der Waals surface area contributed by atoms with Gasteiger partial charge in [-0.3, -0.25) is 9.59 Å². The van der Waals surface area contributed by atoms with Crippen LogP contribution in [0.1, 0.15) is 39.5 Å². The van der Waals surface area contributed by atoms with Crippen LogP contribution >= 0.6 is 0 Å². The Morgan fingerprint density at radius 1 is 0.330 bits per heavy atom. The van der Waals surface area contributed by atoms with Crippen molar-refractivity contribution in [1.29, 1.82) is 0 Å². The average molecular weight is 1450 g/mol. The van der Waals surface area contributed by atoms with Crippen molar-refractivity contribution >= 4 is 11.9 Å². The Balaban J connectivity index is 0.711. The fourth-order valence-electron chi connectivity index (χ4n) is 19.8. The largest absolute Gasteiger partial charge is 0.469 e. The summed E-state index contributed by atoms with van der Waals surface area (Å²) in [6, 6.07) is 0. The molecule has 572 valence electrons. The Kier molecular flexibility index (Phi) is 21.9. The Labute approximate surface area is 570 Å². The van der Waals surface area contributed by atoms with Crippen LogP contribution < -0.4 is 10.6 Å². The van der Waals surface area contributed by atoms with Crippen molar-refractivity contribution in [1.82, 2.24) is 10.6 Å². The van der Waals surface area contributed by atoms with Crippen molar-refractivity contribution in [2.75, 3.05) is 66.4 Å². The van der Waals surface area contributed by atoms with Gasteiger partial charge in [-0.15, -0.1) is 0 Å². The molecule has 1 unspecified atom stereocenters. The van der Waals surface area contributed by atoms with Crippen molar-refractivity contribution in [3.63, 3.8) is 0 Å². The van der Waals surface area contributed by atoms with Gasteiger partial charge in [0.2, 0.25) is 5.91 Å². The molecule has 100 heavy (non-hydrogen) atoms. The third-order valence-corrected chi connectivity index (χ3v) is 24.6. The zero-order chi connectivity index (χ0) is 71.9. The maximum Gasteiger partial charge on any atom is 0.313 e. The molecule has 27 fully saturated rings. The highest BCUT2D eigenvalue weighted by Gasteiger charge is 3.21. The lowest BCUT2D eigenvalue weighted by Gasteiger charge is -3.17. The zero-order valence-electron chi connectivity index (χ0n) is 54.6. The van der Waals surface area contributed by atoms with E-state index in [4.69, 9.17) is 71.1 Å². The first-order valence-corrected chi connectivity index (χ1v) is 34.1. The van der Waals surface area contributed by atoms with E-state index in [9.17, 15) is 112 Å². The third kappa shape index (κ3) is 11.0. The van der Waals surface area contributed by atoms with Gasteiger partial charge in [-0.05, 0) is 53.9 Å². The minimum atomic E-state index is -2.22. The van der Waals surface area contributed by atoms with Crippen LogP contribution in [0.4, 0.5) is 0 Å². The summed E-state index contributed by atoms with van der Waals surface area (Å²) in [4.78, 5) is 26.7. The predicted molar refractivity (Wildman–Crippen MR) is 313 cm³/mol. The molecule has 0 spiro atoms. The normalized spacial score (nSPS) is 56.1. The van der Waals surface area contributed by atoms with Gasteiger partial charge in [0, 0.05) is 13.1 Å². The van der Waals surface area contributed by atoms with Gasteiger partial charge >= 0.3 is 5.97 Å². The lowest BCUT2D eigenvalue weighted by Crippen LogP contribution is -3.19. The molecule has 39 heteroatoms. The summed E-state index contributed by atoms with van der Waals surface area (Å²) in [5.41, 5.74) is -1.38. The number of unbranched alkanes of at least 4 members (excludes halogenated alkanes) is 3. The Bertz CT molecular complexity index is 2830. The lowest BCUT2D eigenvalue weighted by atomic mass is 8.84. The SMILES string of the molecule is COC(=O)[C@]12[C@H]3[C@H]4[C@H]1C1(C)[C@]4(C(=O)NCCCCCCNC[C@H]4O[C@@H]5O[C@H]6[C@@H](O)[C@@H](O)[C@@H](O[C@H]7[C@H](O)[C@@H](O)[C@@H](O[C@H]8[C@H](O)[C@@H](O)[C@@H](O[C@H]9[C@H](O)[C@@H](O)[C@@H](O[C@H]%10[C@H](O)[C@@H](O)[C@@H](O[C@H]%11[C@H](O)[C@@H](O)[C@@H](O[C@H]4[C@H](O)[C@H]5O)O[C@@H]%11CO)O[C@@H]%10CO)O[C@@H]9CO)O[C@@H]8CO)O[C@@H]7CO)O[C@@H]6CO)[C@@H]3[C@@]12C. The fraction of sp³-hybridized carbons (Fsp3) is 0.967. The quantitative estimate of drug-likeness (QED) is 0.0475. The summed E-state index contributed by atoms with van der Waals surface area (Å²) in [5, 5.41) is 232. The van der Waals surface area contributed by atoms with Crippen LogP contribution in [0.5, 0.6) is 0 Å². The summed E-state index contributed by atoms with van der Waals surface area (Å²) in [7, 11) is 1.41. The smallest absolute Gasteiger partial charge is 0.313 e. The molecule has 0 radical (unpaired) electrons. The Morgan fingerprint density at radius 2 is 0.570 bits per heavy atom. The summed E-state index contributed by atoms with van der Waals surface area (Å²) < 4.78 is 87.2. The van der Waals surface area contributed by atoms with Gasteiger partial charge in [-0.2, -0.15) is 0 Å². The second kappa shape index (κ2) is 28.9. The van der Waals surface area contributed by atoms with E-state index in [1.165, 1.54) is 7.11 Å². The molecule has 21 heterocycles. The second-order valence-electron chi connectivity index (χ2n) is 29.0. The highest BCUT2D eigenvalue weighted by Crippen LogP contribution is 3.18. The number of amides is 1. The van der Waals surface area contributed by atoms with Crippen LogP contribution in [0.25, 0.3) is 0 Å². The second-order valence-corrected chi connectivity index (χ2v) is 29.0. The maximum atomic E-state index is 13.8. The first kappa shape index (κ1) is 75.8. The first-order valence-electron chi connectivity index (χ1n) is 34.1. The number of ether oxygens (including phenoxy) is 15. The van der Waals surface area contributed by atoms with Crippen LogP contribution in [-0.4, -0.2) is 395 Å². The van der Waals surface area contributed by atoms with E-state index < -0.39 is 265 Å². The Hall–Kier alpha value is -2.46. The lowest BCUT2D eigenvalue weighted by molar-refractivity contribution is -0.706. The van der Waals surface area contributed by atoms with Crippen molar-refractivity contribution < 1.29 is 183 Å². The number of aliphatic hydroxyl groups excluding tert-OH is 20. The molecule has 0 aromatic carbocycles. The van der Waals surface area contributed by atoms with E-state index in [0.29, 0.717) is 32.2 Å². The summed E-state index contributed by atoms with van der Waals surface area (Å²) in [6.45, 7) is -1.59. The van der Waals surface area contributed by atoms with Crippen molar-refractivity contribution in [2.45, 2.75) is 254 Å². The van der Waals surface area contributed by atoms with E-state index in [-0.39, 0.29) is 59.5 Å². The van der Waals surface area contributed by atoms with Crippen LogP contribution in [0.15, 0.2) is 0 Å². The molecule has 21 saturated heterocycles. The van der Waals surface area contributed by atoms with E-state index in [0.717, 1.165) is 0 Å². The van der Waals surface area contributed by atoms with Crippen LogP contribution in [0.3, 0.4) is 0 Å². The molecule has 43 atom stereocenters. The van der Waals surface area contributed by atoms with Crippen LogP contribution in [0.2, 0.25) is 0 Å². The first-order chi connectivity index (χ1) is 47.7. The molecular weight excluding hydrogens is 1350 g/mol. The number of aliphatic hydroxyl groups is 20. The molecule has 0 aromatic rings. The van der Waals surface area contributed by atoms with Gasteiger partial charge in [0.25, 0.3) is 0 Å². The van der Waals surface area contributed by atoms with Gasteiger partial charge in [-0.25, -0.2) is 0 Å². The number of carbonyl (C=O) groups is 2. The number of hydrogen-bond acceptors (Lipinski definition) is 38. The summed E-state index contributed by atoms with van der Waals surface area (Å²) in [5.74, 6) is 0.574. The van der Waals surface area contributed by atoms with Gasteiger partial charge in [-0.1, -0.05) is 26.7 Å². The number of esters is 1. The van der Waals surface area contributed by atoms with E-state index in [2.05, 4.69) is 24.5 Å². The van der Waals surface area contributed by atoms with Crippen LogP contribution in [0, 0.1) is 45.3 Å². The number of methoxy groups -OCH3 is 1. The van der Waals surface area contributed by atoms with Crippen molar-refractivity contribution in [2.24, 2.45) is 45.3 Å². The van der Waals surface area contributed by atoms with Crippen molar-refractivity contribution in [3.8, 4) is 0 Å². The molecule has 0 aromatic heterocycles. The number of rotatable bonds is 17. The van der Waals surface area contributed by atoms with E-state index in [1.54, 1.807) is 0 Å². The van der Waals surface area contributed by atoms with Gasteiger partial charge in [0.05, 0.1) is 57.6 Å². The molecule has 6 aliphatic carbocycles. The van der Waals surface area contributed by atoms with E-state index >= 15 is 0 Å². The highest BCUT2D eigenvalue weighted by molar-refractivity contribution is 6.01. The summed E-state index contributed by atoms with van der Waals surface area (Å²) >= 11 is 0.